The first-order valence-electron chi connectivity index (χ1n) is 7.53. The molecule has 0 aromatic carbocycles. The van der Waals surface area contributed by atoms with Crippen molar-refractivity contribution >= 4 is 11.8 Å². The minimum absolute atomic E-state index is 0.0414. The van der Waals surface area contributed by atoms with Gasteiger partial charge in [-0.25, -0.2) is 0 Å². The maximum absolute atomic E-state index is 12.5. The number of nitrogens with zero attached hydrogens (tertiary/aromatic N) is 3. The van der Waals surface area contributed by atoms with Gasteiger partial charge in [0.25, 0.3) is 11.8 Å². The van der Waals surface area contributed by atoms with E-state index in [0.717, 1.165) is 13.1 Å². The molecule has 2 rings (SSSR count). The average Bonchev–Trinajstić information content (AvgIpc) is 2.46. The smallest absolute Gasteiger partial charge is 0.270 e. The summed E-state index contributed by atoms with van der Waals surface area (Å²) in [6.45, 7) is 8.88. The van der Waals surface area contributed by atoms with Crippen LogP contribution >= 0.6 is 0 Å². The third-order valence-electron chi connectivity index (χ3n) is 3.52. The van der Waals surface area contributed by atoms with Crippen LogP contribution in [-0.4, -0.2) is 65.4 Å². The lowest BCUT2D eigenvalue weighted by molar-refractivity contribution is 0.0664. The Hall–Kier alpha value is -1.95. The van der Waals surface area contributed by atoms with Crippen molar-refractivity contribution in [1.29, 1.82) is 0 Å². The van der Waals surface area contributed by atoms with Crippen molar-refractivity contribution in [3.05, 3.63) is 29.6 Å². The summed E-state index contributed by atoms with van der Waals surface area (Å²) in [5, 5.41) is 2.85. The highest BCUT2D eigenvalue weighted by Gasteiger charge is 2.22. The van der Waals surface area contributed by atoms with Gasteiger partial charge in [-0.3, -0.25) is 14.6 Å². The van der Waals surface area contributed by atoms with Gasteiger partial charge in [-0.1, -0.05) is 0 Å². The van der Waals surface area contributed by atoms with Crippen LogP contribution < -0.4 is 5.32 Å². The first-order valence-corrected chi connectivity index (χ1v) is 7.53. The topological polar surface area (TPSA) is 65.5 Å². The predicted molar refractivity (Wildman–Crippen MR) is 84.9 cm³/mol. The number of carbonyl (C=O) groups is 2. The molecule has 6 nitrogen and oxygen atoms in total. The molecule has 0 radical (unpaired) electrons. The van der Waals surface area contributed by atoms with E-state index in [9.17, 15) is 9.59 Å². The average molecular weight is 304 g/mol. The van der Waals surface area contributed by atoms with Crippen molar-refractivity contribution in [2.24, 2.45) is 0 Å². The van der Waals surface area contributed by atoms with Crippen molar-refractivity contribution in [3.63, 3.8) is 0 Å². The normalized spacial score (nSPS) is 16.5. The van der Waals surface area contributed by atoms with E-state index in [4.69, 9.17) is 0 Å². The Morgan fingerprint density at radius 2 is 1.82 bits per heavy atom. The molecule has 0 atom stereocenters. The zero-order valence-electron chi connectivity index (χ0n) is 13.7. The van der Waals surface area contributed by atoms with Gasteiger partial charge in [0.05, 0.1) is 0 Å². The molecule has 120 valence electrons. The van der Waals surface area contributed by atoms with Gasteiger partial charge < -0.3 is 15.1 Å². The molecule has 1 aliphatic heterocycles. The van der Waals surface area contributed by atoms with Crippen LogP contribution in [0.3, 0.4) is 0 Å². The van der Waals surface area contributed by atoms with Gasteiger partial charge in [0.15, 0.2) is 0 Å². The van der Waals surface area contributed by atoms with Crippen molar-refractivity contribution in [2.45, 2.75) is 26.3 Å². The number of carbonyl (C=O) groups excluding carboxylic acids is 2. The van der Waals surface area contributed by atoms with Gasteiger partial charge in [-0.05, 0) is 40.0 Å². The SMILES string of the molecule is CN1CCN(C(=O)c2ccnc(C(=O)NC(C)(C)C)c2)CC1. The van der Waals surface area contributed by atoms with Crippen LogP contribution in [0.15, 0.2) is 18.3 Å². The van der Waals surface area contributed by atoms with Crippen molar-refractivity contribution in [2.75, 3.05) is 33.2 Å². The Kier molecular flexibility index (Phi) is 4.81. The van der Waals surface area contributed by atoms with Crippen LogP contribution in [0, 0.1) is 0 Å². The maximum Gasteiger partial charge on any atom is 0.270 e. The first-order chi connectivity index (χ1) is 10.3. The number of likely N-dealkylation sites (N-methyl/N-ethyl adjacent to an activating group) is 1. The minimum atomic E-state index is -0.337. The van der Waals surface area contributed by atoms with Crippen LogP contribution in [0.1, 0.15) is 41.6 Å². The molecule has 1 fully saturated rings. The molecule has 0 saturated carbocycles. The first kappa shape index (κ1) is 16.4. The lowest BCUT2D eigenvalue weighted by Gasteiger charge is -2.32. The second kappa shape index (κ2) is 6.44. The molecule has 0 bridgehead atoms. The molecule has 6 heteroatoms. The zero-order valence-corrected chi connectivity index (χ0v) is 13.7. The van der Waals surface area contributed by atoms with E-state index in [0.29, 0.717) is 18.7 Å². The molecule has 1 aromatic heterocycles. The van der Waals surface area contributed by atoms with E-state index < -0.39 is 0 Å². The van der Waals surface area contributed by atoms with Crippen LogP contribution in [0.25, 0.3) is 0 Å². The van der Waals surface area contributed by atoms with Crippen molar-refractivity contribution in [1.82, 2.24) is 20.1 Å². The Bertz CT molecular complexity index is 558. The Balaban J connectivity index is 2.11. The van der Waals surface area contributed by atoms with Crippen LogP contribution in [0.2, 0.25) is 0 Å². The molecule has 2 heterocycles. The summed E-state index contributed by atoms with van der Waals surface area (Å²) in [5.74, 6) is -0.305. The fourth-order valence-corrected chi connectivity index (χ4v) is 2.28. The molecule has 1 saturated heterocycles. The Labute approximate surface area is 131 Å². The lowest BCUT2D eigenvalue weighted by Crippen LogP contribution is -2.47. The quantitative estimate of drug-likeness (QED) is 0.885. The number of rotatable bonds is 2. The lowest BCUT2D eigenvalue weighted by atomic mass is 10.1. The fourth-order valence-electron chi connectivity index (χ4n) is 2.28. The molecule has 22 heavy (non-hydrogen) atoms. The van der Waals surface area contributed by atoms with Gasteiger partial charge in [-0.15, -0.1) is 0 Å². The van der Waals surface area contributed by atoms with Gasteiger partial charge in [-0.2, -0.15) is 0 Å². The highest BCUT2D eigenvalue weighted by atomic mass is 16.2. The molecule has 0 spiro atoms. The van der Waals surface area contributed by atoms with Crippen LogP contribution in [0.5, 0.6) is 0 Å². The number of amides is 2. The number of nitrogens with one attached hydrogen (secondary N) is 1. The molecule has 1 aromatic rings. The monoisotopic (exact) mass is 304 g/mol. The minimum Gasteiger partial charge on any atom is -0.346 e. The standard InChI is InChI=1S/C16H24N4O2/c1-16(2,3)18-14(21)13-11-12(5-6-17-13)15(22)20-9-7-19(4)8-10-20/h5-6,11H,7-10H2,1-4H3,(H,18,21). The van der Waals surface area contributed by atoms with Gasteiger partial charge in [0.1, 0.15) is 5.69 Å². The van der Waals surface area contributed by atoms with Crippen molar-refractivity contribution in [3.8, 4) is 0 Å². The van der Waals surface area contributed by atoms with Crippen molar-refractivity contribution < 1.29 is 9.59 Å². The number of hydrogen-bond donors (Lipinski definition) is 1. The highest BCUT2D eigenvalue weighted by molar-refractivity contribution is 5.98. The largest absolute Gasteiger partial charge is 0.346 e. The molecule has 1 N–H and O–H groups in total. The number of piperazine rings is 1. The van der Waals surface area contributed by atoms with Gasteiger partial charge in [0, 0.05) is 43.5 Å². The third kappa shape index (κ3) is 4.27. The fraction of sp³-hybridized carbons (Fsp3) is 0.562. The number of aromatic nitrogens is 1. The summed E-state index contributed by atoms with van der Waals surface area (Å²) in [5.41, 5.74) is 0.449. The molecule has 0 aliphatic carbocycles. The van der Waals surface area contributed by atoms with Crippen LogP contribution in [0.4, 0.5) is 0 Å². The summed E-state index contributed by atoms with van der Waals surface area (Å²) >= 11 is 0. The van der Waals surface area contributed by atoms with E-state index in [1.165, 1.54) is 6.20 Å². The number of pyridine rings is 1. The second-order valence-corrected chi connectivity index (χ2v) is 6.73. The highest BCUT2D eigenvalue weighted by Crippen LogP contribution is 2.10. The summed E-state index contributed by atoms with van der Waals surface area (Å²) in [6, 6.07) is 3.23. The van der Waals surface area contributed by atoms with E-state index in [-0.39, 0.29) is 23.0 Å². The van der Waals surface area contributed by atoms with Gasteiger partial charge >= 0.3 is 0 Å². The van der Waals surface area contributed by atoms with Crippen LogP contribution in [-0.2, 0) is 0 Å². The molecule has 0 unspecified atom stereocenters. The van der Waals surface area contributed by atoms with Gasteiger partial charge in [0.2, 0.25) is 0 Å². The molecular formula is C16H24N4O2. The summed E-state index contributed by atoms with van der Waals surface area (Å²) < 4.78 is 0. The molecule has 1 aliphatic rings. The Morgan fingerprint density at radius 1 is 1.18 bits per heavy atom. The maximum atomic E-state index is 12.5. The predicted octanol–water partition coefficient (Wildman–Crippen LogP) is 0.997. The second-order valence-electron chi connectivity index (χ2n) is 6.73. The zero-order chi connectivity index (χ0) is 16.3. The van der Waals surface area contributed by atoms with E-state index in [1.807, 2.05) is 32.7 Å². The summed E-state index contributed by atoms with van der Waals surface area (Å²) in [4.78, 5) is 32.7. The molecular weight excluding hydrogens is 280 g/mol. The third-order valence-corrected chi connectivity index (χ3v) is 3.52. The van der Waals surface area contributed by atoms with E-state index >= 15 is 0 Å². The summed E-state index contributed by atoms with van der Waals surface area (Å²) in [6.07, 6.45) is 1.51. The number of hydrogen-bond acceptors (Lipinski definition) is 4. The molecule has 2 amide bonds. The Morgan fingerprint density at radius 3 is 2.41 bits per heavy atom. The van der Waals surface area contributed by atoms with E-state index in [2.05, 4.69) is 15.2 Å². The summed E-state index contributed by atoms with van der Waals surface area (Å²) in [7, 11) is 2.04. The van der Waals surface area contributed by atoms with E-state index in [1.54, 1.807) is 12.1 Å².